The summed E-state index contributed by atoms with van der Waals surface area (Å²) in [6, 6.07) is 9.45. The molecule has 0 radical (unpaired) electrons. The van der Waals surface area contributed by atoms with E-state index in [2.05, 4.69) is 26.2 Å². The van der Waals surface area contributed by atoms with E-state index in [4.69, 9.17) is 11.0 Å². The van der Waals surface area contributed by atoms with Crippen molar-refractivity contribution in [3.8, 4) is 6.07 Å². The van der Waals surface area contributed by atoms with Crippen LogP contribution in [0.3, 0.4) is 0 Å². The molecule has 0 atom stereocenters. The van der Waals surface area contributed by atoms with Gasteiger partial charge < -0.3 is 11.1 Å². The van der Waals surface area contributed by atoms with E-state index in [1.165, 1.54) is 6.07 Å². The van der Waals surface area contributed by atoms with E-state index >= 15 is 0 Å². The van der Waals surface area contributed by atoms with Crippen LogP contribution in [0.15, 0.2) is 34.8 Å². The number of nitro groups is 1. The van der Waals surface area contributed by atoms with Gasteiger partial charge >= 0.3 is 0 Å². The highest BCUT2D eigenvalue weighted by atomic mass is 79.9. The first kappa shape index (κ1) is 13.8. The molecular weight excluding hydrogens is 326 g/mol. The Labute approximate surface area is 122 Å². The molecule has 7 nitrogen and oxygen atoms in total. The molecule has 2 aromatic rings. The van der Waals surface area contributed by atoms with Gasteiger partial charge in [-0.15, -0.1) is 0 Å². The average molecular weight is 334 g/mol. The molecule has 2 rings (SSSR count). The number of nitrogens with zero attached hydrogens (tertiary/aromatic N) is 3. The lowest BCUT2D eigenvalue weighted by atomic mass is 10.2. The third-order valence-corrected chi connectivity index (χ3v) is 2.90. The van der Waals surface area contributed by atoms with Gasteiger partial charge in [0, 0.05) is 4.47 Å². The molecule has 0 saturated heterocycles. The minimum absolute atomic E-state index is 0.0233. The van der Waals surface area contributed by atoms with E-state index in [-0.39, 0.29) is 17.3 Å². The van der Waals surface area contributed by atoms with Crippen LogP contribution >= 0.6 is 15.9 Å². The van der Waals surface area contributed by atoms with Crippen LogP contribution in [0, 0.1) is 21.4 Å². The van der Waals surface area contributed by atoms with Crippen molar-refractivity contribution in [3.63, 3.8) is 0 Å². The van der Waals surface area contributed by atoms with Gasteiger partial charge in [-0.05, 0) is 18.2 Å². The fourth-order valence-electron chi connectivity index (χ4n) is 1.56. The molecule has 3 N–H and O–H groups in total. The summed E-state index contributed by atoms with van der Waals surface area (Å²) < 4.78 is 0.761. The summed E-state index contributed by atoms with van der Waals surface area (Å²) in [5, 5.41) is 22.6. The number of halogens is 1. The monoisotopic (exact) mass is 333 g/mol. The number of nitrogens with two attached hydrogens (primary N) is 1. The van der Waals surface area contributed by atoms with Crippen LogP contribution < -0.4 is 11.1 Å². The van der Waals surface area contributed by atoms with Gasteiger partial charge in [-0.2, -0.15) is 5.26 Å². The molecule has 0 aliphatic heterocycles. The molecule has 8 heteroatoms. The normalized spacial score (nSPS) is 9.80. The van der Waals surface area contributed by atoms with Crippen LogP contribution in [-0.4, -0.2) is 9.91 Å². The Morgan fingerprint density at radius 3 is 2.80 bits per heavy atom. The molecule has 0 spiro atoms. The Morgan fingerprint density at radius 2 is 2.15 bits per heavy atom. The van der Waals surface area contributed by atoms with Crippen molar-refractivity contribution in [2.45, 2.75) is 0 Å². The van der Waals surface area contributed by atoms with Crippen molar-refractivity contribution >= 4 is 38.9 Å². The Kier molecular flexibility index (Phi) is 3.81. The number of pyridine rings is 1. The summed E-state index contributed by atoms with van der Waals surface area (Å²) in [6.45, 7) is 0. The molecule has 1 heterocycles. The van der Waals surface area contributed by atoms with Gasteiger partial charge in [-0.1, -0.05) is 15.9 Å². The third kappa shape index (κ3) is 3.02. The predicted octanol–water partition coefficient (Wildman–Crippen LogP) is 2.95. The van der Waals surface area contributed by atoms with E-state index in [0.717, 1.165) is 10.5 Å². The fraction of sp³-hybridized carbons (Fsp3) is 0. The van der Waals surface area contributed by atoms with Crippen molar-refractivity contribution in [3.05, 3.63) is 50.5 Å². The highest BCUT2D eigenvalue weighted by Crippen LogP contribution is 2.26. The standard InChI is InChI=1S/C12H8BrN5O2/c13-8-2-1-7(6-14)10(3-8)16-12-5-9(18(19)20)4-11(15)17-12/h1-5H,(H3,15,16,17). The minimum atomic E-state index is -0.560. The molecule has 0 amide bonds. The van der Waals surface area contributed by atoms with Crippen molar-refractivity contribution in [1.29, 1.82) is 5.26 Å². The quantitative estimate of drug-likeness (QED) is 0.658. The first-order valence-electron chi connectivity index (χ1n) is 5.38. The maximum absolute atomic E-state index is 10.8. The topological polar surface area (TPSA) is 118 Å². The second-order valence-electron chi connectivity index (χ2n) is 3.82. The van der Waals surface area contributed by atoms with Gasteiger partial charge in [0.15, 0.2) is 0 Å². The predicted molar refractivity (Wildman–Crippen MR) is 77.4 cm³/mol. The van der Waals surface area contributed by atoms with Crippen LogP contribution in [0.25, 0.3) is 0 Å². The van der Waals surface area contributed by atoms with Gasteiger partial charge in [-0.25, -0.2) is 4.98 Å². The first-order valence-corrected chi connectivity index (χ1v) is 6.17. The minimum Gasteiger partial charge on any atom is -0.383 e. The van der Waals surface area contributed by atoms with E-state index in [0.29, 0.717) is 11.3 Å². The molecule has 20 heavy (non-hydrogen) atoms. The smallest absolute Gasteiger partial charge is 0.276 e. The highest BCUT2D eigenvalue weighted by Gasteiger charge is 2.11. The second kappa shape index (κ2) is 5.54. The van der Waals surface area contributed by atoms with Crippen molar-refractivity contribution in [2.75, 3.05) is 11.1 Å². The Bertz CT molecular complexity index is 726. The van der Waals surface area contributed by atoms with Crippen LogP contribution in [0.2, 0.25) is 0 Å². The van der Waals surface area contributed by atoms with E-state index in [1.54, 1.807) is 18.2 Å². The average Bonchev–Trinajstić information content (AvgIpc) is 2.38. The van der Waals surface area contributed by atoms with E-state index in [1.807, 2.05) is 6.07 Å². The van der Waals surface area contributed by atoms with E-state index in [9.17, 15) is 10.1 Å². The Balaban J connectivity index is 2.42. The zero-order valence-corrected chi connectivity index (χ0v) is 11.6. The molecular formula is C12H8BrN5O2. The molecule has 0 aliphatic rings. The number of hydrogen-bond acceptors (Lipinski definition) is 6. The highest BCUT2D eigenvalue weighted by molar-refractivity contribution is 9.10. The molecule has 0 unspecified atom stereocenters. The number of nitrogens with one attached hydrogen (secondary N) is 1. The van der Waals surface area contributed by atoms with Gasteiger partial charge in [0.05, 0.1) is 28.3 Å². The summed E-state index contributed by atoms with van der Waals surface area (Å²) in [6.07, 6.45) is 0. The Morgan fingerprint density at radius 1 is 1.40 bits per heavy atom. The fourth-order valence-corrected chi connectivity index (χ4v) is 1.92. The lowest BCUT2D eigenvalue weighted by Gasteiger charge is -2.08. The lowest BCUT2D eigenvalue weighted by Crippen LogP contribution is -2.01. The van der Waals surface area contributed by atoms with Gasteiger partial charge in [-0.3, -0.25) is 10.1 Å². The molecule has 0 bridgehead atoms. The maximum atomic E-state index is 10.8. The number of nitriles is 1. The van der Waals surface area contributed by atoms with Gasteiger partial charge in [0.25, 0.3) is 5.69 Å². The third-order valence-electron chi connectivity index (χ3n) is 2.41. The van der Waals surface area contributed by atoms with Crippen molar-refractivity contribution in [1.82, 2.24) is 4.98 Å². The molecule has 100 valence electrons. The molecule has 1 aromatic carbocycles. The summed E-state index contributed by atoms with van der Waals surface area (Å²) in [5.74, 6) is 0.224. The van der Waals surface area contributed by atoms with Crippen LogP contribution in [-0.2, 0) is 0 Å². The van der Waals surface area contributed by atoms with Crippen LogP contribution in [0.4, 0.5) is 23.0 Å². The number of nitrogen functional groups attached to an aromatic ring is 1. The number of rotatable bonds is 3. The van der Waals surface area contributed by atoms with Crippen LogP contribution in [0.1, 0.15) is 5.56 Å². The SMILES string of the molecule is N#Cc1ccc(Br)cc1Nc1cc([N+](=O)[O-])cc(N)n1. The summed E-state index contributed by atoms with van der Waals surface area (Å²) in [5.41, 5.74) is 6.22. The summed E-state index contributed by atoms with van der Waals surface area (Å²) in [4.78, 5) is 14.2. The zero-order chi connectivity index (χ0) is 14.7. The lowest BCUT2D eigenvalue weighted by molar-refractivity contribution is -0.384. The molecule has 1 aromatic heterocycles. The number of benzene rings is 1. The maximum Gasteiger partial charge on any atom is 0.276 e. The number of hydrogen-bond donors (Lipinski definition) is 2. The molecule has 0 aliphatic carbocycles. The number of aromatic nitrogens is 1. The van der Waals surface area contributed by atoms with E-state index < -0.39 is 4.92 Å². The molecule has 0 saturated carbocycles. The Hall–Kier alpha value is -2.66. The largest absolute Gasteiger partial charge is 0.383 e. The van der Waals surface area contributed by atoms with Crippen LogP contribution in [0.5, 0.6) is 0 Å². The zero-order valence-electron chi connectivity index (χ0n) is 10.0. The van der Waals surface area contributed by atoms with Gasteiger partial charge in [0.1, 0.15) is 17.7 Å². The first-order chi connectivity index (χ1) is 9.49. The second-order valence-corrected chi connectivity index (χ2v) is 4.73. The van der Waals surface area contributed by atoms with Crippen molar-refractivity contribution in [2.24, 2.45) is 0 Å². The molecule has 0 fully saturated rings. The van der Waals surface area contributed by atoms with Crippen molar-refractivity contribution < 1.29 is 4.92 Å². The van der Waals surface area contributed by atoms with Gasteiger partial charge in [0.2, 0.25) is 0 Å². The summed E-state index contributed by atoms with van der Waals surface area (Å²) in [7, 11) is 0. The summed E-state index contributed by atoms with van der Waals surface area (Å²) >= 11 is 3.29. The number of anilines is 3.